The van der Waals surface area contributed by atoms with Crippen LogP contribution in [0.1, 0.15) is 23.0 Å². The SMILES string of the molecule is CCn1cccc1CNc1ccc(Cl)c(C(=O)N(C)C)c1. The molecule has 1 aromatic heterocycles. The molecule has 0 fully saturated rings. The van der Waals surface area contributed by atoms with E-state index in [-0.39, 0.29) is 5.91 Å². The Morgan fingerprint density at radius 3 is 2.76 bits per heavy atom. The van der Waals surface area contributed by atoms with E-state index in [2.05, 4.69) is 29.1 Å². The number of anilines is 1. The molecule has 0 saturated heterocycles. The smallest absolute Gasteiger partial charge is 0.254 e. The van der Waals surface area contributed by atoms with Crippen LogP contribution < -0.4 is 5.32 Å². The quantitative estimate of drug-likeness (QED) is 0.918. The molecule has 1 N–H and O–H groups in total. The van der Waals surface area contributed by atoms with Crippen LogP contribution in [-0.4, -0.2) is 29.5 Å². The van der Waals surface area contributed by atoms with Gasteiger partial charge < -0.3 is 14.8 Å². The number of nitrogens with one attached hydrogen (secondary N) is 1. The Labute approximate surface area is 130 Å². The summed E-state index contributed by atoms with van der Waals surface area (Å²) >= 11 is 6.10. The number of hydrogen-bond donors (Lipinski definition) is 1. The van der Waals surface area contributed by atoms with Crippen LogP contribution >= 0.6 is 11.6 Å². The second-order valence-electron chi connectivity index (χ2n) is 5.03. The maximum atomic E-state index is 12.1. The highest BCUT2D eigenvalue weighted by molar-refractivity contribution is 6.34. The zero-order valence-corrected chi connectivity index (χ0v) is 13.3. The number of nitrogens with zero attached hydrogens (tertiary/aromatic N) is 2. The van der Waals surface area contributed by atoms with Crippen molar-refractivity contribution in [1.29, 1.82) is 0 Å². The fraction of sp³-hybridized carbons (Fsp3) is 0.312. The minimum absolute atomic E-state index is 0.0967. The monoisotopic (exact) mass is 305 g/mol. The Bertz CT molecular complexity index is 634. The van der Waals surface area contributed by atoms with Crippen molar-refractivity contribution in [2.24, 2.45) is 0 Å². The van der Waals surface area contributed by atoms with E-state index in [0.29, 0.717) is 17.1 Å². The summed E-state index contributed by atoms with van der Waals surface area (Å²) in [5.41, 5.74) is 2.60. The molecule has 2 rings (SSSR count). The standard InChI is InChI=1S/C16H20ClN3O/c1-4-20-9-5-6-13(20)11-18-12-7-8-15(17)14(10-12)16(21)19(2)3/h5-10,18H,4,11H2,1-3H3. The van der Waals surface area contributed by atoms with Gasteiger partial charge in [-0.3, -0.25) is 4.79 Å². The van der Waals surface area contributed by atoms with E-state index in [1.807, 2.05) is 12.1 Å². The number of hydrogen-bond acceptors (Lipinski definition) is 2. The fourth-order valence-corrected chi connectivity index (χ4v) is 2.35. The fourth-order valence-electron chi connectivity index (χ4n) is 2.15. The van der Waals surface area contributed by atoms with E-state index in [0.717, 1.165) is 12.2 Å². The average Bonchev–Trinajstić information content (AvgIpc) is 2.93. The normalized spacial score (nSPS) is 10.5. The summed E-state index contributed by atoms with van der Waals surface area (Å²) in [6.45, 7) is 3.76. The highest BCUT2D eigenvalue weighted by Crippen LogP contribution is 2.22. The maximum Gasteiger partial charge on any atom is 0.254 e. The van der Waals surface area contributed by atoms with Crippen LogP contribution in [0.3, 0.4) is 0 Å². The van der Waals surface area contributed by atoms with Gasteiger partial charge in [0, 0.05) is 38.2 Å². The molecule has 0 radical (unpaired) electrons. The number of aryl methyl sites for hydroxylation is 1. The summed E-state index contributed by atoms with van der Waals surface area (Å²) in [5.74, 6) is -0.0967. The molecule has 0 unspecified atom stereocenters. The lowest BCUT2D eigenvalue weighted by Crippen LogP contribution is -2.22. The van der Waals surface area contributed by atoms with Crippen molar-refractivity contribution in [3.05, 3.63) is 52.8 Å². The number of amides is 1. The van der Waals surface area contributed by atoms with Gasteiger partial charge in [-0.15, -0.1) is 0 Å². The molecule has 0 spiro atoms. The van der Waals surface area contributed by atoms with Crippen molar-refractivity contribution in [2.75, 3.05) is 19.4 Å². The van der Waals surface area contributed by atoms with Crippen LogP contribution in [0, 0.1) is 0 Å². The Morgan fingerprint density at radius 2 is 2.10 bits per heavy atom. The third kappa shape index (κ3) is 3.58. The van der Waals surface area contributed by atoms with Gasteiger partial charge in [0.25, 0.3) is 5.91 Å². The van der Waals surface area contributed by atoms with Crippen molar-refractivity contribution in [2.45, 2.75) is 20.0 Å². The summed E-state index contributed by atoms with van der Waals surface area (Å²) in [6, 6.07) is 9.54. The first-order valence-electron chi connectivity index (χ1n) is 6.92. The Morgan fingerprint density at radius 1 is 1.33 bits per heavy atom. The van der Waals surface area contributed by atoms with Gasteiger partial charge >= 0.3 is 0 Å². The first-order valence-corrected chi connectivity index (χ1v) is 7.29. The first-order chi connectivity index (χ1) is 10.0. The maximum absolute atomic E-state index is 12.1. The van der Waals surface area contributed by atoms with E-state index in [9.17, 15) is 4.79 Å². The molecule has 0 atom stereocenters. The van der Waals surface area contributed by atoms with Crippen molar-refractivity contribution in [3.8, 4) is 0 Å². The van der Waals surface area contributed by atoms with Crippen molar-refractivity contribution in [3.63, 3.8) is 0 Å². The predicted molar refractivity (Wildman–Crippen MR) is 86.9 cm³/mol. The van der Waals surface area contributed by atoms with Gasteiger partial charge in [-0.05, 0) is 37.3 Å². The second kappa shape index (κ2) is 6.68. The highest BCUT2D eigenvalue weighted by atomic mass is 35.5. The van der Waals surface area contributed by atoms with Crippen LogP contribution in [0.25, 0.3) is 0 Å². The van der Waals surface area contributed by atoms with E-state index >= 15 is 0 Å². The molecule has 21 heavy (non-hydrogen) atoms. The molecule has 112 valence electrons. The van der Waals surface area contributed by atoms with Gasteiger partial charge in [0.1, 0.15) is 0 Å². The number of benzene rings is 1. The van der Waals surface area contributed by atoms with E-state index in [4.69, 9.17) is 11.6 Å². The molecule has 0 aliphatic carbocycles. The molecule has 1 amide bonds. The van der Waals surface area contributed by atoms with Crippen LogP contribution in [0.5, 0.6) is 0 Å². The molecule has 0 aliphatic rings. The minimum atomic E-state index is -0.0967. The number of halogens is 1. The van der Waals surface area contributed by atoms with Crippen LogP contribution in [-0.2, 0) is 13.1 Å². The van der Waals surface area contributed by atoms with Gasteiger partial charge in [-0.2, -0.15) is 0 Å². The average molecular weight is 306 g/mol. The Hall–Kier alpha value is -1.94. The highest BCUT2D eigenvalue weighted by Gasteiger charge is 2.13. The van der Waals surface area contributed by atoms with Crippen LogP contribution in [0.2, 0.25) is 5.02 Å². The molecule has 4 nitrogen and oxygen atoms in total. The Kier molecular flexibility index (Phi) is 4.91. The molecule has 2 aromatic rings. The van der Waals surface area contributed by atoms with Gasteiger partial charge in [0.2, 0.25) is 0 Å². The molecular formula is C16H20ClN3O. The van der Waals surface area contributed by atoms with Gasteiger partial charge in [-0.25, -0.2) is 0 Å². The zero-order chi connectivity index (χ0) is 15.4. The van der Waals surface area contributed by atoms with Gasteiger partial charge in [-0.1, -0.05) is 11.6 Å². The van der Waals surface area contributed by atoms with Gasteiger partial charge in [0.05, 0.1) is 17.1 Å². The lowest BCUT2D eigenvalue weighted by atomic mass is 10.1. The predicted octanol–water partition coefficient (Wildman–Crippen LogP) is 3.48. The number of aromatic nitrogens is 1. The first kappa shape index (κ1) is 15.4. The van der Waals surface area contributed by atoms with Crippen molar-refractivity contribution in [1.82, 2.24) is 9.47 Å². The topological polar surface area (TPSA) is 37.3 Å². The number of carbonyl (C=O) groups is 1. The molecule has 0 saturated carbocycles. The van der Waals surface area contributed by atoms with E-state index < -0.39 is 0 Å². The Balaban J connectivity index is 2.14. The second-order valence-corrected chi connectivity index (χ2v) is 5.44. The third-order valence-corrected chi connectivity index (χ3v) is 3.67. The molecule has 0 aliphatic heterocycles. The number of carbonyl (C=O) groups excluding carboxylic acids is 1. The van der Waals surface area contributed by atoms with Crippen molar-refractivity contribution >= 4 is 23.2 Å². The summed E-state index contributed by atoms with van der Waals surface area (Å²) in [5, 5.41) is 3.80. The van der Waals surface area contributed by atoms with Crippen LogP contribution in [0.15, 0.2) is 36.5 Å². The lowest BCUT2D eigenvalue weighted by molar-refractivity contribution is 0.0828. The molecule has 1 aromatic carbocycles. The van der Waals surface area contributed by atoms with E-state index in [1.165, 1.54) is 10.6 Å². The molecule has 5 heteroatoms. The molecule has 1 heterocycles. The third-order valence-electron chi connectivity index (χ3n) is 3.34. The van der Waals surface area contributed by atoms with E-state index in [1.54, 1.807) is 26.2 Å². The van der Waals surface area contributed by atoms with Gasteiger partial charge in [0.15, 0.2) is 0 Å². The zero-order valence-electron chi connectivity index (χ0n) is 12.6. The summed E-state index contributed by atoms with van der Waals surface area (Å²) in [7, 11) is 3.43. The van der Waals surface area contributed by atoms with Crippen molar-refractivity contribution < 1.29 is 4.79 Å². The summed E-state index contributed by atoms with van der Waals surface area (Å²) < 4.78 is 2.18. The summed E-state index contributed by atoms with van der Waals surface area (Å²) in [6.07, 6.45) is 2.06. The van der Waals surface area contributed by atoms with Crippen LogP contribution in [0.4, 0.5) is 5.69 Å². The molecule has 0 bridgehead atoms. The largest absolute Gasteiger partial charge is 0.379 e. The molecular weight excluding hydrogens is 286 g/mol. The minimum Gasteiger partial charge on any atom is -0.379 e. The summed E-state index contributed by atoms with van der Waals surface area (Å²) in [4.78, 5) is 13.6. The lowest BCUT2D eigenvalue weighted by Gasteiger charge is -2.14. The number of rotatable bonds is 5.